The molecule has 0 aliphatic carbocycles. The average Bonchev–Trinajstić information content (AvgIpc) is 3.15. The van der Waals surface area contributed by atoms with Crippen molar-refractivity contribution >= 4 is 5.91 Å². The van der Waals surface area contributed by atoms with E-state index in [1.54, 1.807) is 19.5 Å². The Labute approximate surface area is 142 Å². The van der Waals surface area contributed by atoms with E-state index in [1.165, 1.54) is 0 Å². The number of hydrogen-bond acceptors (Lipinski definition) is 4. The molecule has 126 valence electrons. The lowest BCUT2D eigenvalue weighted by Crippen LogP contribution is -2.26. The molecule has 1 saturated heterocycles. The standard InChI is InChI=1S/C19H22N2O3/c1-23-18-10-17(11-20-12-18)15-2-4-16(5-3-15)19(22)21-8-6-14-7-9-24-13-14/h2-5,10-12,14H,6-9,13H2,1H3,(H,21,22)/t14-/m1/s1. The third kappa shape index (κ3) is 4.11. The van der Waals surface area contributed by atoms with E-state index in [9.17, 15) is 4.79 Å². The SMILES string of the molecule is COc1cncc(-c2ccc(C(=O)NCC[C@@H]3CCOC3)cc2)c1. The highest BCUT2D eigenvalue weighted by Crippen LogP contribution is 2.22. The maximum absolute atomic E-state index is 12.2. The van der Waals surface area contributed by atoms with Crippen LogP contribution in [0.1, 0.15) is 23.2 Å². The smallest absolute Gasteiger partial charge is 0.251 e. The fourth-order valence-corrected chi connectivity index (χ4v) is 2.81. The molecule has 0 unspecified atom stereocenters. The van der Waals surface area contributed by atoms with E-state index in [1.807, 2.05) is 30.3 Å². The van der Waals surface area contributed by atoms with Crippen LogP contribution in [0, 0.1) is 5.92 Å². The molecule has 5 nitrogen and oxygen atoms in total. The number of aromatic nitrogens is 1. The molecule has 1 aliphatic rings. The summed E-state index contributed by atoms with van der Waals surface area (Å²) in [5.41, 5.74) is 2.63. The first-order valence-electron chi connectivity index (χ1n) is 8.21. The number of ether oxygens (including phenoxy) is 2. The number of nitrogens with zero attached hydrogens (tertiary/aromatic N) is 1. The molecule has 1 aromatic carbocycles. The van der Waals surface area contributed by atoms with Crippen LogP contribution in [0.3, 0.4) is 0 Å². The average molecular weight is 326 g/mol. The second-order valence-corrected chi connectivity index (χ2v) is 5.96. The fraction of sp³-hybridized carbons (Fsp3) is 0.368. The highest BCUT2D eigenvalue weighted by Gasteiger charge is 2.15. The van der Waals surface area contributed by atoms with Gasteiger partial charge in [0.2, 0.25) is 0 Å². The predicted molar refractivity (Wildman–Crippen MR) is 92.1 cm³/mol. The van der Waals surface area contributed by atoms with Crippen molar-refractivity contribution in [2.45, 2.75) is 12.8 Å². The van der Waals surface area contributed by atoms with Gasteiger partial charge in [-0.2, -0.15) is 0 Å². The summed E-state index contributed by atoms with van der Waals surface area (Å²) in [6, 6.07) is 9.45. The van der Waals surface area contributed by atoms with Crippen LogP contribution in [0.25, 0.3) is 11.1 Å². The van der Waals surface area contributed by atoms with Crippen LogP contribution in [0.2, 0.25) is 0 Å². The van der Waals surface area contributed by atoms with Crippen molar-refractivity contribution < 1.29 is 14.3 Å². The van der Waals surface area contributed by atoms with Crippen LogP contribution >= 0.6 is 0 Å². The monoisotopic (exact) mass is 326 g/mol. The van der Waals surface area contributed by atoms with Gasteiger partial charge in [0.15, 0.2) is 0 Å². The van der Waals surface area contributed by atoms with E-state index in [-0.39, 0.29) is 5.91 Å². The van der Waals surface area contributed by atoms with Gasteiger partial charge >= 0.3 is 0 Å². The van der Waals surface area contributed by atoms with Crippen molar-refractivity contribution in [1.29, 1.82) is 0 Å². The lowest BCUT2D eigenvalue weighted by atomic mass is 10.0. The minimum Gasteiger partial charge on any atom is -0.495 e. The number of hydrogen-bond donors (Lipinski definition) is 1. The second kappa shape index (κ2) is 7.93. The molecular weight excluding hydrogens is 304 g/mol. The lowest BCUT2D eigenvalue weighted by molar-refractivity contribution is 0.0950. The second-order valence-electron chi connectivity index (χ2n) is 5.96. The molecule has 1 atom stereocenters. The highest BCUT2D eigenvalue weighted by molar-refractivity contribution is 5.94. The predicted octanol–water partition coefficient (Wildman–Crippen LogP) is 2.91. The molecule has 0 bridgehead atoms. The van der Waals surface area contributed by atoms with Crippen molar-refractivity contribution in [3.8, 4) is 16.9 Å². The van der Waals surface area contributed by atoms with E-state index in [0.717, 1.165) is 37.2 Å². The Balaban J connectivity index is 1.57. The Morgan fingerprint density at radius 2 is 2.12 bits per heavy atom. The normalized spacial score (nSPS) is 16.8. The van der Waals surface area contributed by atoms with E-state index in [2.05, 4.69) is 10.3 Å². The van der Waals surface area contributed by atoms with E-state index >= 15 is 0 Å². The van der Waals surface area contributed by atoms with Crippen molar-refractivity contribution in [3.63, 3.8) is 0 Å². The first-order chi connectivity index (χ1) is 11.8. The van der Waals surface area contributed by atoms with Crippen LogP contribution in [0.5, 0.6) is 5.75 Å². The van der Waals surface area contributed by atoms with Gasteiger partial charge in [-0.25, -0.2) is 0 Å². The summed E-state index contributed by atoms with van der Waals surface area (Å²) in [4.78, 5) is 16.3. The van der Waals surface area contributed by atoms with Crippen LogP contribution in [-0.4, -0.2) is 37.8 Å². The molecule has 24 heavy (non-hydrogen) atoms. The zero-order valence-corrected chi connectivity index (χ0v) is 13.8. The van der Waals surface area contributed by atoms with Gasteiger partial charge in [-0.05, 0) is 42.5 Å². The number of carbonyl (C=O) groups is 1. The zero-order chi connectivity index (χ0) is 16.8. The molecule has 5 heteroatoms. The minimum absolute atomic E-state index is 0.0377. The third-order valence-electron chi connectivity index (χ3n) is 4.29. The molecule has 1 N–H and O–H groups in total. The topological polar surface area (TPSA) is 60.5 Å². The number of amides is 1. The Hall–Kier alpha value is -2.40. The molecule has 0 spiro atoms. The third-order valence-corrected chi connectivity index (χ3v) is 4.29. The van der Waals surface area contributed by atoms with Crippen molar-refractivity contribution in [2.75, 3.05) is 26.9 Å². The van der Waals surface area contributed by atoms with Gasteiger partial charge in [0, 0.05) is 37.1 Å². The molecule has 3 rings (SSSR count). The van der Waals surface area contributed by atoms with Gasteiger partial charge < -0.3 is 14.8 Å². The van der Waals surface area contributed by atoms with Gasteiger partial charge in [0.25, 0.3) is 5.91 Å². The van der Waals surface area contributed by atoms with Crippen LogP contribution in [-0.2, 0) is 4.74 Å². The van der Waals surface area contributed by atoms with Crippen LogP contribution in [0.4, 0.5) is 0 Å². The Bertz CT molecular complexity index is 679. The quantitative estimate of drug-likeness (QED) is 0.887. The van der Waals surface area contributed by atoms with Crippen LogP contribution < -0.4 is 10.1 Å². The first-order valence-corrected chi connectivity index (χ1v) is 8.21. The lowest BCUT2D eigenvalue weighted by Gasteiger charge is -2.09. The highest BCUT2D eigenvalue weighted by atomic mass is 16.5. The number of nitrogens with one attached hydrogen (secondary N) is 1. The number of pyridine rings is 1. The Morgan fingerprint density at radius 1 is 1.29 bits per heavy atom. The summed E-state index contributed by atoms with van der Waals surface area (Å²) in [5.74, 6) is 1.25. The Kier molecular flexibility index (Phi) is 5.43. The molecule has 2 heterocycles. The van der Waals surface area contributed by atoms with Crippen molar-refractivity contribution in [3.05, 3.63) is 48.3 Å². The summed E-state index contributed by atoms with van der Waals surface area (Å²) in [6.45, 7) is 2.35. The van der Waals surface area contributed by atoms with Gasteiger partial charge in [-0.1, -0.05) is 12.1 Å². The summed E-state index contributed by atoms with van der Waals surface area (Å²) < 4.78 is 10.5. The molecule has 0 saturated carbocycles. The minimum atomic E-state index is -0.0377. The molecular formula is C19H22N2O3. The number of methoxy groups -OCH3 is 1. The number of benzene rings is 1. The van der Waals surface area contributed by atoms with Crippen LogP contribution in [0.15, 0.2) is 42.7 Å². The summed E-state index contributed by atoms with van der Waals surface area (Å²) >= 11 is 0. The van der Waals surface area contributed by atoms with Gasteiger partial charge in [0.1, 0.15) is 5.75 Å². The number of carbonyl (C=O) groups excluding carboxylic acids is 1. The molecule has 1 fully saturated rings. The fourth-order valence-electron chi connectivity index (χ4n) is 2.81. The van der Waals surface area contributed by atoms with E-state index in [0.29, 0.717) is 23.8 Å². The Morgan fingerprint density at radius 3 is 2.83 bits per heavy atom. The van der Waals surface area contributed by atoms with Gasteiger partial charge in [-0.15, -0.1) is 0 Å². The number of rotatable bonds is 6. The zero-order valence-electron chi connectivity index (χ0n) is 13.8. The van der Waals surface area contributed by atoms with E-state index < -0.39 is 0 Å². The van der Waals surface area contributed by atoms with Crippen molar-refractivity contribution in [2.24, 2.45) is 5.92 Å². The molecule has 1 aliphatic heterocycles. The molecule has 1 aromatic heterocycles. The van der Waals surface area contributed by atoms with Crippen molar-refractivity contribution in [1.82, 2.24) is 10.3 Å². The molecule has 0 radical (unpaired) electrons. The molecule has 1 amide bonds. The largest absolute Gasteiger partial charge is 0.495 e. The van der Waals surface area contributed by atoms with E-state index in [4.69, 9.17) is 9.47 Å². The van der Waals surface area contributed by atoms with Gasteiger partial charge in [-0.3, -0.25) is 9.78 Å². The summed E-state index contributed by atoms with van der Waals surface area (Å²) in [7, 11) is 1.62. The molecule has 2 aromatic rings. The van der Waals surface area contributed by atoms with Gasteiger partial charge in [0.05, 0.1) is 13.3 Å². The maximum atomic E-state index is 12.2. The summed E-state index contributed by atoms with van der Waals surface area (Å²) in [5, 5.41) is 2.98. The maximum Gasteiger partial charge on any atom is 0.251 e. The first kappa shape index (κ1) is 16.5. The summed E-state index contributed by atoms with van der Waals surface area (Å²) in [6.07, 6.45) is 5.51.